The molecule has 3 aliphatic rings. The molecule has 2 heterocycles. The summed E-state index contributed by atoms with van der Waals surface area (Å²) in [6.07, 6.45) is 2.18. The van der Waals surface area contributed by atoms with Gasteiger partial charge in [0.15, 0.2) is 0 Å². The Hall–Kier alpha value is -0.750. The van der Waals surface area contributed by atoms with E-state index in [-0.39, 0.29) is 17.8 Å². The largest absolute Gasteiger partial charge is 0.363 e. The van der Waals surface area contributed by atoms with Gasteiger partial charge in [0.1, 0.15) is 17.3 Å². The lowest BCUT2D eigenvalue weighted by Crippen LogP contribution is -2.55. The van der Waals surface area contributed by atoms with E-state index in [2.05, 4.69) is 6.92 Å². The summed E-state index contributed by atoms with van der Waals surface area (Å²) in [5, 5.41) is 0. The summed E-state index contributed by atoms with van der Waals surface area (Å²) >= 11 is 0. The van der Waals surface area contributed by atoms with Crippen LogP contribution in [-0.4, -0.2) is 33.4 Å². The highest BCUT2D eigenvalue weighted by Gasteiger charge is 2.67. The highest BCUT2D eigenvalue weighted by molar-refractivity contribution is 7.85. The van der Waals surface area contributed by atoms with Crippen LogP contribution in [0.3, 0.4) is 0 Å². The van der Waals surface area contributed by atoms with Crippen LogP contribution in [0.15, 0.2) is 35.2 Å². The highest BCUT2D eigenvalue weighted by atomic mass is 32.2. The molecule has 0 aromatic heterocycles. The van der Waals surface area contributed by atoms with E-state index in [1.165, 1.54) is 0 Å². The zero-order valence-electron chi connectivity index (χ0n) is 12.3. The van der Waals surface area contributed by atoms with Crippen molar-refractivity contribution in [1.29, 1.82) is 0 Å². The smallest absolute Gasteiger partial charge is 0.125 e. The van der Waals surface area contributed by atoms with Crippen molar-refractivity contribution in [2.45, 2.75) is 55.0 Å². The SMILES string of the molecule is C[C@@]12OC1CC1CC2OO[C@@]1(C)CS(=O)c1ccccc1. The number of fused-ring (bicyclic) bond motifs is 4. The van der Waals surface area contributed by atoms with Gasteiger partial charge >= 0.3 is 0 Å². The number of epoxide rings is 1. The lowest BCUT2D eigenvalue weighted by molar-refractivity contribution is -0.424. The minimum Gasteiger partial charge on any atom is -0.363 e. The van der Waals surface area contributed by atoms with E-state index in [0.29, 0.717) is 11.7 Å². The normalized spacial score (nSPS) is 45.7. The first kappa shape index (κ1) is 13.9. The highest BCUT2D eigenvalue weighted by Crippen LogP contribution is 2.56. The number of hydrogen-bond donors (Lipinski definition) is 0. The van der Waals surface area contributed by atoms with Crippen LogP contribution >= 0.6 is 0 Å². The van der Waals surface area contributed by atoms with E-state index < -0.39 is 16.4 Å². The van der Waals surface area contributed by atoms with E-state index in [1.807, 2.05) is 37.3 Å². The number of rotatable bonds is 3. The molecule has 114 valence electrons. The average molecular weight is 308 g/mol. The lowest BCUT2D eigenvalue weighted by atomic mass is 9.73. The Morgan fingerprint density at radius 3 is 2.67 bits per heavy atom. The Bertz CT molecular complexity index is 577. The van der Waals surface area contributed by atoms with Crippen LogP contribution in [0.25, 0.3) is 0 Å². The van der Waals surface area contributed by atoms with Crippen LogP contribution < -0.4 is 0 Å². The van der Waals surface area contributed by atoms with Crippen molar-refractivity contribution in [3.8, 4) is 0 Å². The molecule has 4 unspecified atom stereocenters. The Morgan fingerprint density at radius 2 is 1.90 bits per heavy atom. The zero-order valence-corrected chi connectivity index (χ0v) is 13.1. The summed E-state index contributed by atoms with van der Waals surface area (Å²) < 4.78 is 18.4. The van der Waals surface area contributed by atoms with Crippen molar-refractivity contribution < 1.29 is 18.7 Å². The van der Waals surface area contributed by atoms with Gasteiger partial charge in [0.05, 0.1) is 22.7 Å². The first-order valence-electron chi connectivity index (χ1n) is 7.47. The van der Waals surface area contributed by atoms with Gasteiger partial charge in [-0.15, -0.1) is 0 Å². The van der Waals surface area contributed by atoms with Crippen molar-refractivity contribution in [2.75, 3.05) is 5.75 Å². The Kier molecular flexibility index (Phi) is 3.05. The molecule has 0 spiro atoms. The van der Waals surface area contributed by atoms with Gasteiger partial charge in [-0.05, 0) is 44.7 Å². The molecule has 2 bridgehead atoms. The van der Waals surface area contributed by atoms with E-state index in [9.17, 15) is 4.21 Å². The molecule has 0 N–H and O–H groups in total. The third-order valence-corrected chi connectivity index (χ3v) is 6.89. The van der Waals surface area contributed by atoms with Crippen LogP contribution in [0.4, 0.5) is 0 Å². The van der Waals surface area contributed by atoms with Crippen LogP contribution in [0, 0.1) is 5.92 Å². The molecule has 2 saturated heterocycles. The lowest BCUT2D eigenvalue weighted by Gasteiger charge is -2.45. The summed E-state index contributed by atoms with van der Waals surface area (Å²) in [6, 6.07) is 9.54. The van der Waals surface area contributed by atoms with Gasteiger partial charge in [-0.25, -0.2) is 9.78 Å². The van der Waals surface area contributed by atoms with Gasteiger partial charge in [-0.1, -0.05) is 18.2 Å². The van der Waals surface area contributed by atoms with Gasteiger partial charge in [-0.2, -0.15) is 0 Å². The van der Waals surface area contributed by atoms with Gasteiger partial charge in [0, 0.05) is 4.90 Å². The Labute approximate surface area is 127 Å². The van der Waals surface area contributed by atoms with Crippen LogP contribution in [0.1, 0.15) is 26.7 Å². The van der Waals surface area contributed by atoms with Crippen molar-refractivity contribution in [3.05, 3.63) is 30.3 Å². The monoisotopic (exact) mass is 308 g/mol. The second kappa shape index (κ2) is 4.62. The molecule has 0 amide bonds. The average Bonchev–Trinajstić information content (AvgIpc) is 3.16. The number of hydrogen-bond acceptors (Lipinski definition) is 4. The Balaban J connectivity index is 1.51. The first-order chi connectivity index (χ1) is 10.0. The van der Waals surface area contributed by atoms with Crippen LogP contribution in [-0.2, 0) is 25.3 Å². The van der Waals surface area contributed by atoms with Crippen molar-refractivity contribution >= 4 is 10.8 Å². The maximum Gasteiger partial charge on any atom is 0.125 e. The standard InChI is InChI=1S/C16H20O4S/c1-15(10-21(17)12-6-4-3-5-7-12)11-8-13-16(2,18-13)14(9-11)19-20-15/h3-7,11,13-14H,8-10H2,1-2H3/t11?,13?,14?,15-,16+,21?/m0/s1. The van der Waals surface area contributed by atoms with Crippen LogP contribution in [0.5, 0.6) is 0 Å². The second-order valence-corrected chi connectivity index (χ2v) is 8.19. The van der Waals surface area contributed by atoms with Crippen molar-refractivity contribution in [3.63, 3.8) is 0 Å². The zero-order chi connectivity index (χ0) is 14.7. The summed E-state index contributed by atoms with van der Waals surface area (Å²) in [6.45, 7) is 4.10. The number of ether oxygens (including phenoxy) is 1. The molecule has 1 aromatic rings. The Morgan fingerprint density at radius 1 is 1.19 bits per heavy atom. The van der Waals surface area contributed by atoms with E-state index in [1.54, 1.807) is 0 Å². The number of benzene rings is 1. The quantitative estimate of drug-likeness (QED) is 0.636. The van der Waals surface area contributed by atoms with E-state index in [4.69, 9.17) is 14.5 Å². The van der Waals surface area contributed by atoms with E-state index in [0.717, 1.165) is 17.7 Å². The summed E-state index contributed by atoms with van der Waals surface area (Å²) in [5.74, 6) is 0.794. The van der Waals surface area contributed by atoms with E-state index >= 15 is 0 Å². The third kappa shape index (κ3) is 2.18. The predicted molar refractivity (Wildman–Crippen MR) is 78.1 cm³/mol. The molecule has 5 heteroatoms. The van der Waals surface area contributed by atoms with Gasteiger partial charge in [-0.3, -0.25) is 4.21 Å². The first-order valence-corrected chi connectivity index (χ1v) is 8.79. The van der Waals surface area contributed by atoms with Crippen molar-refractivity contribution in [2.24, 2.45) is 5.92 Å². The van der Waals surface area contributed by atoms with Gasteiger partial charge < -0.3 is 4.74 Å². The molecule has 1 aromatic carbocycles. The molecule has 4 nitrogen and oxygen atoms in total. The molecule has 4 rings (SSSR count). The minimum absolute atomic E-state index is 0.0134. The fraction of sp³-hybridized carbons (Fsp3) is 0.625. The minimum atomic E-state index is -1.08. The molecule has 21 heavy (non-hydrogen) atoms. The molecule has 6 atom stereocenters. The summed E-state index contributed by atoms with van der Waals surface area (Å²) in [7, 11) is -1.08. The molecular formula is C16H20O4S. The third-order valence-electron chi connectivity index (χ3n) is 5.26. The maximum absolute atomic E-state index is 12.6. The van der Waals surface area contributed by atoms with Gasteiger partial charge in [0.25, 0.3) is 0 Å². The topological polar surface area (TPSA) is 48.1 Å². The fourth-order valence-electron chi connectivity index (χ4n) is 3.61. The maximum atomic E-state index is 12.6. The molecule has 3 fully saturated rings. The molecule has 1 aliphatic carbocycles. The fourth-order valence-corrected chi connectivity index (χ4v) is 5.04. The molecule has 1 saturated carbocycles. The molecular weight excluding hydrogens is 288 g/mol. The summed E-state index contributed by atoms with van der Waals surface area (Å²) in [4.78, 5) is 12.2. The predicted octanol–water partition coefficient (Wildman–Crippen LogP) is 2.45. The second-order valence-electron chi connectivity index (χ2n) is 6.74. The van der Waals surface area contributed by atoms with Gasteiger partial charge in [0.2, 0.25) is 0 Å². The molecule has 0 radical (unpaired) electrons. The summed E-state index contributed by atoms with van der Waals surface area (Å²) in [5.41, 5.74) is -0.666. The van der Waals surface area contributed by atoms with Crippen molar-refractivity contribution in [1.82, 2.24) is 0 Å². The van der Waals surface area contributed by atoms with Crippen LogP contribution in [0.2, 0.25) is 0 Å². The molecule has 2 aliphatic heterocycles.